The number of hydrogen-bond acceptors (Lipinski definition) is 3. The van der Waals surface area contributed by atoms with E-state index in [1.807, 2.05) is 30.3 Å². The second kappa shape index (κ2) is 4.57. The Balaban J connectivity index is 2.58. The number of likely N-dealkylation sites (N-methyl/N-ethyl adjacent to an activating group) is 1. The molecule has 0 spiro atoms. The zero-order valence-corrected chi connectivity index (χ0v) is 7.42. The summed E-state index contributed by atoms with van der Waals surface area (Å²) in [5.74, 6) is 0. The number of rotatable bonds is 4. The van der Waals surface area contributed by atoms with E-state index in [9.17, 15) is 10.0 Å². The maximum atomic E-state index is 10.0. The van der Waals surface area contributed by atoms with E-state index < -0.39 is 6.10 Å². The van der Waals surface area contributed by atoms with E-state index in [0.717, 1.165) is 10.6 Å². The first kappa shape index (κ1) is 9.67. The van der Waals surface area contributed by atoms with Crippen LogP contribution >= 0.6 is 0 Å². The van der Waals surface area contributed by atoms with Gasteiger partial charge in [-0.2, -0.15) is 0 Å². The minimum atomic E-state index is -0.663. The van der Waals surface area contributed by atoms with Gasteiger partial charge in [0.2, 0.25) is 0 Å². The van der Waals surface area contributed by atoms with Crippen LogP contribution in [0.5, 0.6) is 0 Å². The lowest BCUT2D eigenvalue weighted by atomic mass is 10.1. The van der Waals surface area contributed by atoms with Crippen molar-refractivity contribution in [3.05, 3.63) is 40.8 Å². The molecule has 1 rings (SSSR count). The molecule has 4 heteroatoms. The number of aliphatic hydroxyl groups is 1. The fourth-order valence-corrected chi connectivity index (χ4v) is 1.06. The Kier molecular flexibility index (Phi) is 3.40. The molecule has 1 atom stereocenters. The molecule has 0 radical (unpaired) electrons. The Bertz CT molecular complexity index is 264. The maximum Gasteiger partial charge on any atom is 0.0982 e. The minimum Gasteiger partial charge on any atom is -0.386 e. The van der Waals surface area contributed by atoms with Crippen molar-refractivity contribution in [1.29, 1.82) is 0 Å². The van der Waals surface area contributed by atoms with Crippen molar-refractivity contribution >= 4 is 0 Å². The third kappa shape index (κ3) is 2.83. The summed E-state index contributed by atoms with van der Waals surface area (Å²) in [4.78, 5) is 10.0. The van der Waals surface area contributed by atoms with E-state index in [2.05, 4.69) is 5.29 Å². The molecule has 0 saturated carbocycles. The third-order valence-electron chi connectivity index (χ3n) is 1.76. The number of benzene rings is 1. The average Bonchev–Trinajstić information content (AvgIpc) is 2.19. The second-order valence-corrected chi connectivity index (χ2v) is 2.85. The van der Waals surface area contributed by atoms with Gasteiger partial charge in [-0.15, -0.1) is 4.91 Å². The molecule has 0 bridgehead atoms. The largest absolute Gasteiger partial charge is 0.386 e. The van der Waals surface area contributed by atoms with Crippen LogP contribution in [0.4, 0.5) is 0 Å². The van der Waals surface area contributed by atoms with Gasteiger partial charge in [0, 0.05) is 7.05 Å². The molecule has 1 N–H and O–H groups in total. The predicted octanol–water partition coefficient (Wildman–Crippen LogP) is 1.33. The molecular formula is C9H12N2O2. The monoisotopic (exact) mass is 180 g/mol. The lowest BCUT2D eigenvalue weighted by Crippen LogP contribution is -2.18. The van der Waals surface area contributed by atoms with Gasteiger partial charge in [0.1, 0.15) is 0 Å². The van der Waals surface area contributed by atoms with Crippen molar-refractivity contribution in [3.63, 3.8) is 0 Å². The van der Waals surface area contributed by atoms with Crippen molar-refractivity contribution < 1.29 is 5.11 Å². The fraction of sp³-hybridized carbons (Fsp3) is 0.333. The summed E-state index contributed by atoms with van der Waals surface area (Å²) in [5, 5.41) is 13.4. The van der Waals surface area contributed by atoms with E-state index in [1.165, 1.54) is 7.05 Å². The highest BCUT2D eigenvalue weighted by atomic mass is 16.3. The molecule has 1 aromatic carbocycles. The summed E-state index contributed by atoms with van der Waals surface area (Å²) in [7, 11) is 1.53. The van der Waals surface area contributed by atoms with Gasteiger partial charge in [-0.25, -0.2) is 0 Å². The Labute approximate surface area is 76.7 Å². The molecular weight excluding hydrogens is 168 g/mol. The van der Waals surface area contributed by atoms with Crippen LogP contribution in [0.25, 0.3) is 0 Å². The topological polar surface area (TPSA) is 52.9 Å². The first-order chi connectivity index (χ1) is 6.24. The lowest BCUT2D eigenvalue weighted by Gasteiger charge is -2.14. The molecule has 70 valence electrons. The normalized spacial score (nSPS) is 12.2. The molecule has 1 unspecified atom stereocenters. The Morgan fingerprint density at radius 3 is 2.62 bits per heavy atom. The van der Waals surface area contributed by atoms with Gasteiger partial charge in [0.15, 0.2) is 0 Å². The summed E-state index contributed by atoms with van der Waals surface area (Å²) in [6.07, 6.45) is -0.663. The van der Waals surface area contributed by atoms with Crippen LogP contribution in [0.1, 0.15) is 11.7 Å². The fourth-order valence-electron chi connectivity index (χ4n) is 1.06. The van der Waals surface area contributed by atoms with Crippen LogP contribution in [0.2, 0.25) is 0 Å². The number of hydrogen-bond donors (Lipinski definition) is 1. The SMILES string of the molecule is CN(CC(O)c1ccccc1)N=O. The Hall–Kier alpha value is -1.42. The molecule has 0 aromatic heterocycles. The van der Waals surface area contributed by atoms with Crippen molar-refractivity contribution in [2.75, 3.05) is 13.6 Å². The van der Waals surface area contributed by atoms with Crippen LogP contribution in [-0.2, 0) is 0 Å². The third-order valence-corrected chi connectivity index (χ3v) is 1.76. The molecule has 1 aromatic rings. The van der Waals surface area contributed by atoms with Crippen LogP contribution in [0.3, 0.4) is 0 Å². The van der Waals surface area contributed by atoms with Crippen molar-refractivity contribution in [2.45, 2.75) is 6.10 Å². The number of nitroso groups, excluding NO2 is 1. The zero-order chi connectivity index (χ0) is 9.68. The molecule has 0 aliphatic heterocycles. The molecule has 0 heterocycles. The van der Waals surface area contributed by atoms with Crippen molar-refractivity contribution in [2.24, 2.45) is 5.29 Å². The number of aliphatic hydroxyl groups excluding tert-OH is 1. The second-order valence-electron chi connectivity index (χ2n) is 2.85. The summed E-state index contributed by atoms with van der Waals surface area (Å²) >= 11 is 0. The minimum absolute atomic E-state index is 0.216. The smallest absolute Gasteiger partial charge is 0.0982 e. The van der Waals surface area contributed by atoms with E-state index >= 15 is 0 Å². The van der Waals surface area contributed by atoms with Crippen molar-refractivity contribution in [1.82, 2.24) is 5.01 Å². The van der Waals surface area contributed by atoms with Crippen LogP contribution in [0.15, 0.2) is 35.6 Å². The molecule has 4 nitrogen and oxygen atoms in total. The lowest BCUT2D eigenvalue weighted by molar-refractivity contribution is 0.128. The summed E-state index contributed by atoms with van der Waals surface area (Å²) in [6.45, 7) is 0.216. The molecule has 0 amide bonds. The Morgan fingerprint density at radius 2 is 2.08 bits per heavy atom. The van der Waals surface area contributed by atoms with Gasteiger partial charge < -0.3 is 5.11 Å². The summed E-state index contributed by atoms with van der Waals surface area (Å²) in [6, 6.07) is 9.17. The van der Waals surface area contributed by atoms with Crippen LogP contribution in [-0.4, -0.2) is 23.7 Å². The van der Waals surface area contributed by atoms with Gasteiger partial charge in [-0.3, -0.25) is 5.01 Å². The maximum absolute atomic E-state index is 10.0. The van der Waals surface area contributed by atoms with E-state index in [0.29, 0.717) is 0 Å². The number of nitrogens with zero attached hydrogens (tertiary/aromatic N) is 2. The quantitative estimate of drug-likeness (QED) is 0.561. The van der Waals surface area contributed by atoms with E-state index in [1.54, 1.807) is 0 Å². The van der Waals surface area contributed by atoms with Crippen LogP contribution in [0, 0.1) is 4.91 Å². The molecule has 0 saturated heterocycles. The van der Waals surface area contributed by atoms with Crippen molar-refractivity contribution in [3.8, 4) is 0 Å². The van der Waals surface area contributed by atoms with E-state index in [4.69, 9.17) is 0 Å². The molecule has 0 fully saturated rings. The molecule has 13 heavy (non-hydrogen) atoms. The highest BCUT2D eigenvalue weighted by Crippen LogP contribution is 2.12. The first-order valence-corrected chi connectivity index (χ1v) is 4.01. The Morgan fingerprint density at radius 1 is 1.46 bits per heavy atom. The van der Waals surface area contributed by atoms with Gasteiger partial charge in [0.25, 0.3) is 0 Å². The average molecular weight is 180 g/mol. The first-order valence-electron chi connectivity index (χ1n) is 4.01. The molecule has 0 aliphatic rings. The van der Waals surface area contributed by atoms with Gasteiger partial charge >= 0.3 is 0 Å². The van der Waals surface area contributed by atoms with Gasteiger partial charge in [0.05, 0.1) is 17.9 Å². The highest BCUT2D eigenvalue weighted by Gasteiger charge is 2.08. The predicted molar refractivity (Wildman–Crippen MR) is 49.8 cm³/mol. The van der Waals surface area contributed by atoms with E-state index in [-0.39, 0.29) is 6.54 Å². The molecule has 0 aliphatic carbocycles. The standard InChI is InChI=1S/C9H12N2O2/c1-11(10-13)7-9(12)8-5-3-2-4-6-8/h2-6,9,12H,7H2,1H3. The van der Waals surface area contributed by atoms with Crippen LogP contribution < -0.4 is 0 Å². The summed E-state index contributed by atoms with van der Waals surface area (Å²) < 4.78 is 0. The summed E-state index contributed by atoms with van der Waals surface area (Å²) in [5.41, 5.74) is 0.790. The zero-order valence-electron chi connectivity index (χ0n) is 7.42. The highest BCUT2D eigenvalue weighted by molar-refractivity contribution is 5.17. The van der Waals surface area contributed by atoms with Gasteiger partial charge in [-0.1, -0.05) is 30.3 Å². The van der Waals surface area contributed by atoms with Gasteiger partial charge in [-0.05, 0) is 5.56 Å².